The fraction of sp³-hybridized carbons (Fsp3) is 0.600. The Balaban J connectivity index is 1.79. The van der Waals surface area contributed by atoms with Crippen LogP contribution in [0.4, 0.5) is 5.69 Å². The number of halogens is 1. The molecule has 1 fully saturated rings. The molecular formula is C15H22ClN3O3. The monoisotopic (exact) mass is 327 g/mol. The number of pyridine rings is 1. The van der Waals surface area contributed by atoms with E-state index in [4.69, 9.17) is 26.8 Å². The number of methoxy groups -OCH3 is 1. The number of nitrogens with zero attached hydrogens (tertiary/aromatic N) is 1. The van der Waals surface area contributed by atoms with Crippen LogP contribution < -0.4 is 11.1 Å². The minimum absolute atomic E-state index is 0.136. The molecule has 2 rings (SSSR count). The average Bonchev–Trinajstić information content (AvgIpc) is 2.48. The van der Waals surface area contributed by atoms with Crippen LogP contribution in [0.1, 0.15) is 36.2 Å². The first-order valence-corrected chi connectivity index (χ1v) is 7.80. The van der Waals surface area contributed by atoms with Crippen LogP contribution in [0.25, 0.3) is 0 Å². The molecule has 1 amide bonds. The number of hydrogen-bond donors (Lipinski definition) is 2. The van der Waals surface area contributed by atoms with Gasteiger partial charge in [-0.1, -0.05) is 11.6 Å². The molecule has 0 spiro atoms. The number of aromatic nitrogens is 1. The molecule has 1 saturated carbocycles. The van der Waals surface area contributed by atoms with Crippen molar-refractivity contribution in [3.63, 3.8) is 0 Å². The number of anilines is 1. The first-order valence-electron chi connectivity index (χ1n) is 7.43. The fourth-order valence-corrected chi connectivity index (χ4v) is 2.78. The Hall–Kier alpha value is -1.37. The lowest BCUT2D eigenvalue weighted by Crippen LogP contribution is -2.39. The van der Waals surface area contributed by atoms with Gasteiger partial charge in [-0.3, -0.25) is 4.79 Å². The first kappa shape index (κ1) is 17.0. The highest BCUT2D eigenvalue weighted by Crippen LogP contribution is 2.21. The van der Waals surface area contributed by atoms with Gasteiger partial charge in [0, 0.05) is 18.8 Å². The van der Waals surface area contributed by atoms with Gasteiger partial charge in [-0.05, 0) is 37.8 Å². The lowest BCUT2D eigenvalue weighted by Gasteiger charge is -2.29. The second-order valence-electron chi connectivity index (χ2n) is 5.42. The molecule has 1 heterocycles. The van der Waals surface area contributed by atoms with Crippen molar-refractivity contribution < 1.29 is 14.3 Å². The molecule has 1 aliphatic carbocycles. The maximum absolute atomic E-state index is 12.2. The molecule has 0 atom stereocenters. The van der Waals surface area contributed by atoms with Crippen LogP contribution in [0.5, 0.6) is 0 Å². The molecule has 22 heavy (non-hydrogen) atoms. The van der Waals surface area contributed by atoms with Crippen molar-refractivity contribution >= 4 is 23.2 Å². The molecule has 0 unspecified atom stereocenters. The molecule has 0 aromatic carbocycles. The van der Waals surface area contributed by atoms with Gasteiger partial charge in [0.05, 0.1) is 19.3 Å². The molecule has 7 heteroatoms. The summed E-state index contributed by atoms with van der Waals surface area (Å²) in [6, 6.07) is 3.18. The summed E-state index contributed by atoms with van der Waals surface area (Å²) in [6.07, 6.45) is 3.89. The van der Waals surface area contributed by atoms with Crippen LogP contribution in [0.2, 0.25) is 5.15 Å². The van der Waals surface area contributed by atoms with Crippen molar-refractivity contribution in [3.05, 3.63) is 23.0 Å². The number of nitrogens with two attached hydrogens (primary N) is 1. The van der Waals surface area contributed by atoms with Crippen LogP contribution in [0.3, 0.4) is 0 Å². The van der Waals surface area contributed by atoms with E-state index in [-0.39, 0.29) is 28.9 Å². The second kappa shape index (κ2) is 8.31. The van der Waals surface area contributed by atoms with E-state index in [0.717, 1.165) is 25.7 Å². The Kier molecular flexibility index (Phi) is 6.42. The minimum atomic E-state index is -0.238. The van der Waals surface area contributed by atoms with E-state index in [1.807, 2.05) is 0 Å². The second-order valence-corrected chi connectivity index (χ2v) is 5.81. The van der Waals surface area contributed by atoms with E-state index in [2.05, 4.69) is 10.3 Å². The molecule has 0 bridgehead atoms. The van der Waals surface area contributed by atoms with Gasteiger partial charge in [0.15, 0.2) is 0 Å². The third-order valence-electron chi connectivity index (χ3n) is 3.70. The Morgan fingerprint density at radius 2 is 2.09 bits per heavy atom. The van der Waals surface area contributed by atoms with Gasteiger partial charge in [-0.15, -0.1) is 0 Å². The quantitative estimate of drug-likeness (QED) is 0.616. The molecule has 6 nitrogen and oxygen atoms in total. The van der Waals surface area contributed by atoms with Crippen molar-refractivity contribution in [2.45, 2.75) is 37.8 Å². The van der Waals surface area contributed by atoms with Gasteiger partial charge >= 0.3 is 0 Å². The van der Waals surface area contributed by atoms with Crippen LogP contribution in [-0.2, 0) is 9.47 Å². The fourth-order valence-electron chi connectivity index (χ4n) is 2.56. The van der Waals surface area contributed by atoms with Gasteiger partial charge in [-0.25, -0.2) is 4.98 Å². The molecule has 0 radical (unpaired) electrons. The number of nitrogen functional groups attached to an aromatic ring is 1. The molecule has 3 N–H and O–H groups in total. The number of amides is 1. The number of hydrogen-bond acceptors (Lipinski definition) is 5. The van der Waals surface area contributed by atoms with Gasteiger partial charge in [0.1, 0.15) is 10.8 Å². The van der Waals surface area contributed by atoms with E-state index >= 15 is 0 Å². The summed E-state index contributed by atoms with van der Waals surface area (Å²) in [4.78, 5) is 16.2. The van der Waals surface area contributed by atoms with Gasteiger partial charge in [-0.2, -0.15) is 0 Å². The Labute approximate surface area is 135 Å². The van der Waals surface area contributed by atoms with Crippen LogP contribution in [0, 0.1) is 0 Å². The van der Waals surface area contributed by atoms with Crippen molar-refractivity contribution in [2.24, 2.45) is 0 Å². The molecule has 0 saturated heterocycles. The number of carbonyl (C=O) groups excluding carboxylic acids is 1. The van der Waals surface area contributed by atoms with Crippen molar-refractivity contribution in [1.29, 1.82) is 0 Å². The summed E-state index contributed by atoms with van der Waals surface area (Å²) in [5, 5.41) is 3.20. The third kappa shape index (κ3) is 5.12. The molecule has 1 aliphatic rings. The standard InChI is InChI=1S/C15H22ClN3O3/c1-21-6-7-22-12-4-2-11(3-5-12)18-15(20)13-8-10(17)9-14(16)19-13/h8-9,11-12H,2-7H2,1H3,(H2,17,19)(H,18,20)/t11-,12-. The predicted octanol–water partition coefficient (Wildman–Crippen LogP) is 2.02. The van der Waals surface area contributed by atoms with Crippen LogP contribution in [0.15, 0.2) is 12.1 Å². The zero-order valence-electron chi connectivity index (χ0n) is 12.7. The largest absolute Gasteiger partial charge is 0.399 e. The molecule has 122 valence electrons. The maximum atomic E-state index is 12.2. The number of rotatable bonds is 6. The summed E-state index contributed by atoms with van der Waals surface area (Å²) >= 11 is 5.82. The molecule has 1 aromatic heterocycles. The zero-order chi connectivity index (χ0) is 15.9. The summed E-state index contributed by atoms with van der Waals surface area (Å²) in [5.74, 6) is -0.238. The highest BCUT2D eigenvalue weighted by Gasteiger charge is 2.23. The first-order chi connectivity index (χ1) is 10.6. The summed E-state index contributed by atoms with van der Waals surface area (Å²) in [5.41, 5.74) is 6.36. The van der Waals surface area contributed by atoms with Crippen molar-refractivity contribution in [3.8, 4) is 0 Å². The lowest BCUT2D eigenvalue weighted by molar-refractivity contribution is -0.00409. The Morgan fingerprint density at radius 3 is 2.73 bits per heavy atom. The minimum Gasteiger partial charge on any atom is -0.399 e. The zero-order valence-corrected chi connectivity index (χ0v) is 13.4. The smallest absolute Gasteiger partial charge is 0.270 e. The van der Waals surface area contributed by atoms with Gasteiger partial charge in [0.2, 0.25) is 0 Å². The van der Waals surface area contributed by atoms with Crippen LogP contribution in [-0.4, -0.2) is 43.4 Å². The molecule has 0 aliphatic heterocycles. The number of carbonyl (C=O) groups is 1. The topological polar surface area (TPSA) is 86.5 Å². The summed E-state index contributed by atoms with van der Waals surface area (Å²) < 4.78 is 10.7. The van der Waals surface area contributed by atoms with E-state index < -0.39 is 0 Å². The highest BCUT2D eigenvalue weighted by atomic mass is 35.5. The molecular weight excluding hydrogens is 306 g/mol. The van der Waals surface area contributed by atoms with E-state index in [9.17, 15) is 4.79 Å². The average molecular weight is 328 g/mol. The Morgan fingerprint density at radius 1 is 1.36 bits per heavy atom. The van der Waals surface area contributed by atoms with Crippen molar-refractivity contribution in [1.82, 2.24) is 10.3 Å². The molecule has 1 aromatic rings. The van der Waals surface area contributed by atoms with E-state index in [0.29, 0.717) is 18.9 Å². The van der Waals surface area contributed by atoms with E-state index in [1.54, 1.807) is 7.11 Å². The maximum Gasteiger partial charge on any atom is 0.270 e. The van der Waals surface area contributed by atoms with Crippen LogP contribution >= 0.6 is 11.6 Å². The summed E-state index contributed by atoms with van der Waals surface area (Å²) in [7, 11) is 1.66. The normalized spacial score (nSPS) is 21.5. The van der Waals surface area contributed by atoms with Gasteiger partial charge in [0.25, 0.3) is 5.91 Å². The number of nitrogens with one attached hydrogen (secondary N) is 1. The number of ether oxygens (including phenoxy) is 2. The Bertz CT molecular complexity index is 485. The predicted molar refractivity (Wildman–Crippen MR) is 85.0 cm³/mol. The van der Waals surface area contributed by atoms with Crippen molar-refractivity contribution in [2.75, 3.05) is 26.1 Å². The van der Waals surface area contributed by atoms with E-state index in [1.165, 1.54) is 12.1 Å². The highest BCUT2D eigenvalue weighted by molar-refractivity contribution is 6.29. The van der Waals surface area contributed by atoms with Gasteiger partial charge < -0.3 is 20.5 Å². The SMILES string of the molecule is COCCO[C@H]1CC[C@H](NC(=O)c2cc(N)cc(Cl)n2)CC1. The lowest BCUT2D eigenvalue weighted by atomic mass is 9.93. The third-order valence-corrected chi connectivity index (χ3v) is 3.89. The summed E-state index contributed by atoms with van der Waals surface area (Å²) in [6.45, 7) is 1.22.